The number of hydrogen-bond acceptors (Lipinski definition) is 7. The smallest absolute Gasteiger partial charge is 0.490 e. The fourth-order valence-electron chi connectivity index (χ4n) is 5.01. The normalized spacial score (nSPS) is 23.0. The Morgan fingerprint density at radius 2 is 1.82 bits per heavy atom. The van der Waals surface area contributed by atoms with Crippen LogP contribution in [0.15, 0.2) is 21.3 Å². The van der Waals surface area contributed by atoms with Gasteiger partial charge in [-0.15, -0.1) is 0 Å². The zero-order valence-corrected chi connectivity index (χ0v) is 18.2. The Bertz CT molecular complexity index is 1110. The zero-order valence-electron chi connectivity index (χ0n) is 18.2. The SMILES string of the molecule is CN1CC[C@H](c2c(O)cc(O)c3c(=O)cc(C4CCCCC4)oc23)[C@H](OC(=O)C(F)(F)F)C1. The van der Waals surface area contributed by atoms with Gasteiger partial charge in [0.2, 0.25) is 0 Å². The summed E-state index contributed by atoms with van der Waals surface area (Å²) in [5.41, 5.74) is -0.485. The summed E-state index contributed by atoms with van der Waals surface area (Å²) in [5, 5.41) is 20.9. The van der Waals surface area contributed by atoms with Gasteiger partial charge in [0, 0.05) is 36.1 Å². The summed E-state index contributed by atoms with van der Waals surface area (Å²) in [4.78, 5) is 26.2. The molecule has 7 nitrogen and oxygen atoms in total. The molecule has 0 radical (unpaired) electrons. The summed E-state index contributed by atoms with van der Waals surface area (Å²) in [6.07, 6.45) is -1.45. The number of phenolic OH excluding ortho intramolecular Hbond substituents is 2. The molecule has 33 heavy (non-hydrogen) atoms. The van der Waals surface area contributed by atoms with Crippen molar-refractivity contribution in [2.75, 3.05) is 20.1 Å². The summed E-state index contributed by atoms with van der Waals surface area (Å²) < 4.78 is 49.6. The van der Waals surface area contributed by atoms with Gasteiger partial charge in [0.05, 0.1) is 0 Å². The number of piperidine rings is 1. The number of hydrogen-bond donors (Lipinski definition) is 2. The Kier molecular flexibility index (Phi) is 6.30. The maximum atomic E-state index is 12.9. The lowest BCUT2D eigenvalue weighted by atomic mass is 9.84. The summed E-state index contributed by atoms with van der Waals surface area (Å²) in [5.74, 6) is -3.65. The second kappa shape index (κ2) is 8.89. The molecule has 10 heteroatoms. The van der Waals surface area contributed by atoms with Crippen LogP contribution in [0.1, 0.15) is 61.7 Å². The van der Waals surface area contributed by atoms with Crippen LogP contribution in [0.25, 0.3) is 11.0 Å². The molecule has 1 aliphatic carbocycles. The highest BCUT2D eigenvalue weighted by Crippen LogP contribution is 2.44. The van der Waals surface area contributed by atoms with Gasteiger partial charge < -0.3 is 24.3 Å². The average molecular weight is 469 g/mol. The lowest BCUT2D eigenvalue weighted by Gasteiger charge is -2.36. The van der Waals surface area contributed by atoms with Gasteiger partial charge in [-0.25, -0.2) is 4.79 Å². The van der Waals surface area contributed by atoms with E-state index in [9.17, 15) is 33.0 Å². The molecule has 0 bridgehead atoms. The number of phenols is 2. The molecule has 0 amide bonds. The number of carbonyl (C=O) groups excluding carboxylic acids is 1. The van der Waals surface area contributed by atoms with Crippen molar-refractivity contribution in [3.8, 4) is 11.5 Å². The standard InChI is InChI=1S/C23H26F3NO6/c1-27-8-7-13(18(11-27)33-22(31)23(24,25)26)19-14(28)9-15(29)20-16(30)10-17(32-21(19)20)12-5-3-2-4-6-12/h9-10,12-13,18,28-29H,2-8,11H2,1H3/t13-,18+/m0/s1. The third kappa shape index (κ3) is 4.66. The first kappa shape index (κ1) is 23.4. The Labute approximate surface area is 187 Å². The van der Waals surface area contributed by atoms with Crippen LogP contribution in [-0.4, -0.2) is 53.5 Å². The summed E-state index contributed by atoms with van der Waals surface area (Å²) in [6, 6.07) is 2.32. The van der Waals surface area contributed by atoms with Crippen LogP contribution in [-0.2, 0) is 9.53 Å². The van der Waals surface area contributed by atoms with Gasteiger partial charge in [-0.05, 0) is 32.9 Å². The van der Waals surface area contributed by atoms with E-state index in [1.165, 1.54) is 6.07 Å². The number of nitrogens with zero attached hydrogens (tertiary/aromatic N) is 1. The molecule has 2 N–H and O–H groups in total. The van der Waals surface area contributed by atoms with Crippen LogP contribution >= 0.6 is 0 Å². The van der Waals surface area contributed by atoms with E-state index < -0.39 is 41.1 Å². The summed E-state index contributed by atoms with van der Waals surface area (Å²) >= 11 is 0. The van der Waals surface area contributed by atoms with E-state index >= 15 is 0 Å². The van der Waals surface area contributed by atoms with E-state index in [1.54, 1.807) is 11.9 Å². The van der Waals surface area contributed by atoms with Crippen LogP contribution in [0.2, 0.25) is 0 Å². The molecule has 2 aliphatic rings. The largest absolute Gasteiger partial charge is 0.507 e. The number of benzene rings is 1. The third-order valence-electron chi connectivity index (χ3n) is 6.65. The van der Waals surface area contributed by atoms with Gasteiger partial charge in [-0.2, -0.15) is 13.2 Å². The van der Waals surface area contributed by atoms with E-state index in [1.807, 2.05) is 0 Å². The van der Waals surface area contributed by atoms with Crippen molar-refractivity contribution >= 4 is 16.9 Å². The highest BCUT2D eigenvalue weighted by atomic mass is 19.4. The number of esters is 1. The average Bonchev–Trinajstić information content (AvgIpc) is 2.74. The van der Waals surface area contributed by atoms with Crippen LogP contribution in [0, 0.1) is 0 Å². The molecule has 1 aromatic heterocycles. The molecule has 1 saturated carbocycles. The minimum absolute atomic E-state index is 0.000838. The van der Waals surface area contributed by atoms with Crippen molar-refractivity contribution in [2.45, 2.75) is 62.6 Å². The highest BCUT2D eigenvalue weighted by Gasteiger charge is 2.45. The predicted octanol–water partition coefficient (Wildman–Crippen LogP) is 4.15. The molecule has 1 saturated heterocycles. The Morgan fingerprint density at radius 1 is 1.12 bits per heavy atom. The number of halogens is 3. The topological polar surface area (TPSA) is 100 Å². The lowest BCUT2D eigenvalue weighted by Crippen LogP contribution is -2.45. The monoisotopic (exact) mass is 469 g/mol. The van der Waals surface area contributed by atoms with Crippen LogP contribution in [0.4, 0.5) is 13.2 Å². The van der Waals surface area contributed by atoms with E-state index in [4.69, 9.17) is 9.15 Å². The van der Waals surface area contributed by atoms with E-state index in [0.717, 1.165) is 38.2 Å². The maximum Gasteiger partial charge on any atom is 0.490 e. The van der Waals surface area contributed by atoms with E-state index in [0.29, 0.717) is 12.3 Å². The third-order valence-corrected chi connectivity index (χ3v) is 6.65. The summed E-state index contributed by atoms with van der Waals surface area (Å²) in [6.45, 7) is 0.458. The van der Waals surface area contributed by atoms with Crippen molar-refractivity contribution < 1.29 is 37.3 Å². The highest BCUT2D eigenvalue weighted by molar-refractivity contribution is 5.88. The molecule has 2 heterocycles. The summed E-state index contributed by atoms with van der Waals surface area (Å²) in [7, 11) is 1.68. The molecule has 1 aromatic carbocycles. The minimum atomic E-state index is -5.17. The maximum absolute atomic E-state index is 12.9. The number of fused-ring (bicyclic) bond motifs is 1. The molecule has 1 aliphatic heterocycles. The fraction of sp³-hybridized carbons (Fsp3) is 0.565. The fourth-order valence-corrected chi connectivity index (χ4v) is 5.01. The zero-order chi connectivity index (χ0) is 23.9. The first-order valence-electron chi connectivity index (χ1n) is 11.0. The van der Waals surface area contributed by atoms with Gasteiger partial charge in [0.25, 0.3) is 0 Å². The molecular weight excluding hydrogens is 443 g/mol. The molecule has 2 fully saturated rings. The second-order valence-electron chi connectivity index (χ2n) is 8.98. The molecular formula is C23H26F3NO6. The number of likely N-dealkylation sites (N-methyl/N-ethyl adjacent to an activating group) is 1. The second-order valence-corrected chi connectivity index (χ2v) is 8.98. The number of likely N-dealkylation sites (tertiary alicyclic amines) is 1. The quantitative estimate of drug-likeness (QED) is 0.652. The first-order valence-corrected chi connectivity index (χ1v) is 11.0. The van der Waals surface area contributed by atoms with Crippen molar-refractivity contribution in [2.24, 2.45) is 0 Å². The van der Waals surface area contributed by atoms with Crippen molar-refractivity contribution in [1.29, 1.82) is 0 Å². The van der Waals surface area contributed by atoms with Gasteiger partial charge in [-0.1, -0.05) is 19.3 Å². The van der Waals surface area contributed by atoms with Gasteiger partial charge in [0.1, 0.15) is 34.3 Å². The molecule has 2 atom stereocenters. The van der Waals surface area contributed by atoms with Crippen molar-refractivity contribution in [1.82, 2.24) is 4.90 Å². The van der Waals surface area contributed by atoms with Crippen molar-refractivity contribution in [3.63, 3.8) is 0 Å². The predicted molar refractivity (Wildman–Crippen MR) is 112 cm³/mol. The van der Waals surface area contributed by atoms with Gasteiger partial charge >= 0.3 is 12.1 Å². The number of alkyl halides is 3. The lowest BCUT2D eigenvalue weighted by molar-refractivity contribution is -0.207. The molecule has 2 aromatic rings. The first-order chi connectivity index (χ1) is 15.6. The van der Waals surface area contributed by atoms with Crippen LogP contribution in [0.3, 0.4) is 0 Å². The Balaban J connectivity index is 1.84. The Hall–Kier alpha value is -2.75. The van der Waals surface area contributed by atoms with E-state index in [-0.39, 0.29) is 35.4 Å². The van der Waals surface area contributed by atoms with Gasteiger partial charge in [0.15, 0.2) is 5.43 Å². The molecule has 180 valence electrons. The number of ether oxygens (including phenoxy) is 1. The molecule has 0 spiro atoms. The number of carbonyl (C=O) groups is 1. The van der Waals surface area contributed by atoms with Crippen LogP contribution in [0.5, 0.6) is 11.5 Å². The Morgan fingerprint density at radius 3 is 2.48 bits per heavy atom. The number of rotatable bonds is 3. The number of aromatic hydroxyl groups is 2. The molecule has 0 unspecified atom stereocenters. The van der Waals surface area contributed by atoms with Crippen LogP contribution < -0.4 is 5.43 Å². The van der Waals surface area contributed by atoms with E-state index in [2.05, 4.69) is 0 Å². The van der Waals surface area contributed by atoms with Crippen molar-refractivity contribution in [3.05, 3.63) is 33.7 Å². The minimum Gasteiger partial charge on any atom is -0.507 e. The molecule has 4 rings (SSSR count). The van der Waals surface area contributed by atoms with Gasteiger partial charge in [-0.3, -0.25) is 4.79 Å².